The van der Waals surface area contributed by atoms with Gasteiger partial charge in [0.2, 0.25) is 0 Å². The van der Waals surface area contributed by atoms with E-state index in [9.17, 15) is 0 Å². The summed E-state index contributed by atoms with van der Waals surface area (Å²) in [5.74, 6) is 0. The van der Waals surface area contributed by atoms with Crippen LogP contribution in [0.5, 0.6) is 0 Å². The van der Waals surface area contributed by atoms with Crippen LogP contribution in [-0.2, 0) is 4.74 Å². The molecule has 3 saturated heterocycles. The molecule has 0 amide bonds. The Morgan fingerprint density at radius 2 is 1.73 bits per heavy atom. The van der Waals surface area contributed by atoms with Crippen LogP contribution in [0, 0.1) is 0 Å². The highest BCUT2D eigenvalue weighted by Gasteiger charge is 2.39. The van der Waals surface area contributed by atoms with E-state index in [-0.39, 0.29) is 0 Å². The van der Waals surface area contributed by atoms with Crippen molar-refractivity contribution in [2.45, 2.75) is 18.5 Å². The second-order valence-corrected chi connectivity index (χ2v) is 4.82. The molecule has 0 aromatic heterocycles. The van der Waals surface area contributed by atoms with Crippen molar-refractivity contribution >= 4 is 0 Å². The first-order valence-electron chi connectivity index (χ1n) is 6.22. The highest BCUT2D eigenvalue weighted by molar-refractivity contribution is 4.95. The summed E-state index contributed by atoms with van der Waals surface area (Å²) in [5, 5.41) is 3.42. The van der Waals surface area contributed by atoms with E-state index in [0.717, 1.165) is 38.9 Å². The van der Waals surface area contributed by atoms with E-state index in [1.165, 1.54) is 26.1 Å². The first-order chi connectivity index (χ1) is 7.45. The molecule has 1 N–H and O–H groups in total. The van der Waals surface area contributed by atoms with E-state index in [2.05, 4.69) is 15.1 Å². The maximum absolute atomic E-state index is 5.62. The summed E-state index contributed by atoms with van der Waals surface area (Å²) in [7, 11) is 0. The first kappa shape index (κ1) is 10.0. The van der Waals surface area contributed by atoms with Crippen molar-refractivity contribution in [2.75, 3.05) is 52.5 Å². The van der Waals surface area contributed by atoms with Crippen LogP contribution in [0.3, 0.4) is 0 Å². The number of piperazine rings is 1. The Morgan fingerprint density at radius 1 is 0.933 bits per heavy atom. The lowest BCUT2D eigenvalue weighted by Gasteiger charge is -2.39. The Balaban J connectivity index is 1.65. The van der Waals surface area contributed by atoms with Crippen molar-refractivity contribution in [2.24, 2.45) is 0 Å². The third kappa shape index (κ3) is 1.91. The third-order valence-electron chi connectivity index (χ3n) is 4.06. The van der Waals surface area contributed by atoms with Gasteiger partial charge in [-0.15, -0.1) is 0 Å². The zero-order valence-corrected chi connectivity index (χ0v) is 9.32. The molecule has 3 heterocycles. The molecule has 3 fully saturated rings. The predicted molar refractivity (Wildman–Crippen MR) is 59.0 cm³/mol. The Kier molecular flexibility index (Phi) is 2.92. The summed E-state index contributed by atoms with van der Waals surface area (Å²) < 4.78 is 5.62. The minimum atomic E-state index is 0.678. The molecule has 15 heavy (non-hydrogen) atoms. The molecule has 4 nitrogen and oxygen atoms in total. The fourth-order valence-corrected chi connectivity index (χ4v) is 3.22. The summed E-state index contributed by atoms with van der Waals surface area (Å²) in [6.45, 7) is 9.06. The number of hydrogen-bond acceptors (Lipinski definition) is 4. The van der Waals surface area contributed by atoms with Gasteiger partial charge in [-0.1, -0.05) is 0 Å². The second kappa shape index (κ2) is 4.37. The van der Waals surface area contributed by atoms with Crippen molar-refractivity contribution in [3.63, 3.8) is 0 Å². The Morgan fingerprint density at radius 3 is 2.60 bits per heavy atom. The lowest BCUT2D eigenvalue weighted by Crippen LogP contribution is -2.55. The maximum Gasteiger partial charge on any atom is 0.0637 e. The molecule has 4 heteroatoms. The highest BCUT2D eigenvalue weighted by Crippen LogP contribution is 2.25. The summed E-state index contributed by atoms with van der Waals surface area (Å²) in [6.07, 6.45) is 1.34. The summed E-state index contributed by atoms with van der Waals surface area (Å²) >= 11 is 0. The van der Waals surface area contributed by atoms with Crippen molar-refractivity contribution in [3.05, 3.63) is 0 Å². The molecular formula is C11H21N3O. The van der Waals surface area contributed by atoms with Crippen LogP contribution in [0.4, 0.5) is 0 Å². The van der Waals surface area contributed by atoms with Gasteiger partial charge in [-0.3, -0.25) is 9.80 Å². The number of rotatable bonds is 1. The van der Waals surface area contributed by atoms with Gasteiger partial charge in [0.25, 0.3) is 0 Å². The Hall–Kier alpha value is -0.160. The van der Waals surface area contributed by atoms with Gasteiger partial charge in [-0.2, -0.15) is 0 Å². The van der Waals surface area contributed by atoms with Crippen LogP contribution in [-0.4, -0.2) is 74.4 Å². The molecule has 3 aliphatic rings. The second-order valence-electron chi connectivity index (χ2n) is 4.82. The third-order valence-corrected chi connectivity index (χ3v) is 4.06. The van der Waals surface area contributed by atoms with E-state index in [0.29, 0.717) is 6.04 Å². The Labute approximate surface area is 91.6 Å². The van der Waals surface area contributed by atoms with Gasteiger partial charge in [0, 0.05) is 51.4 Å². The number of nitrogens with zero attached hydrogens (tertiary/aromatic N) is 2. The number of morpholine rings is 1. The van der Waals surface area contributed by atoms with Crippen LogP contribution >= 0.6 is 0 Å². The fraction of sp³-hybridized carbons (Fsp3) is 1.00. The van der Waals surface area contributed by atoms with Gasteiger partial charge in [0.1, 0.15) is 0 Å². The van der Waals surface area contributed by atoms with E-state index in [1.54, 1.807) is 0 Å². The van der Waals surface area contributed by atoms with E-state index in [1.807, 2.05) is 0 Å². The lowest BCUT2D eigenvalue weighted by molar-refractivity contribution is -0.0116. The van der Waals surface area contributed by atoms with Crippen molar-refractivity contribution in [1.29, 1.82) is 0 Å². The maximum atomic E-state index is 5.62. The van der Waals surface area contributed by atoms with E-state index < -0.39 is 0 Å². The minimum absolute atomic E-state index is 0.678. The smallest absolute Gasteiger partial charge is 0.0637 e. The number of fused-ring (bicyclic) bond motifs is 1. The van der Waals surface area contributed by atoms with Crippen LogP contribution in [0.15, 0.2) is 0 Å². The summed E-state index contributed by atoms with van der Waals surface area (Å²) in [4.78, 5) is 5.28. The predicted octanol–water partition coefficient (Wildman–Crippen LogP) is -0.635. The number of nitrogens with one attached hydrogen (secondary N) is 1. The molecule has 0 bridgehead atoms. The molecule has 0 aromatic rings. The van der Waals surface area contributed by atoms with E-state index >= 15 is 0 Å². The summed E-state index contributed by atoms with van der Waals surface area (Å²) in [6, 6.07) is 1.43. The molecule has 0 aliphatic carbocycles. The largest absolute Gasteiger partial charge is 0.378 e. The molecule has 86 valence electrons. The van der Waals surface area contributed by atoms with Gasteiger partial charge >= 0.3 is 0 Å². The van der Waals surface area contributed by atoms with Gasteiger partial charge in [0.05, 0.1) is 13.2 Å². The number of hydrogen-bond donors (Lipinski definition) is 1. The van der Waals surface area contributed by atoms with Crippen LogP contribution in [0.25, 0.3) is 0 Å². The molecule has 3 rings (SSSR count). The van der Waals surface area contributed by atoms with Gasteiger partial charge in [-0.05, 0) is 6.42 Å². The number of ether oxygens (including phenoxy) is 1. The summed E-state index contributed by atoms with van der Waals surface area (Å²) in [5.41, 5.74) is 0. The molecule has 2 atom stereocenters. The van der Waals surface area contributed by atoms with Crippen LogP contribution < -0.4 is 5.32 Å². The molecular weight excluding hydrogens is 190 g/mol. The standard InChI is InChI=1S/C11H21N3O/c1-4-13-7-8-15-9-11(13)10(1)14-5-2-12-3-6-14/h10-12H,1-9H2. The fourth-order valence-electron chi connectivity index (χ4n) is 3.22. The molecule has 3 aliphatic heterocycles. The zero-order valence-electron chi connectivity index (χ0n) is 9.32. The quantitative estimate of drug-likeness (QED) is 0.625. The SMILES string of the molecule is C1CN(C2CCN3CCOCC23)CCN1. The average molecular weight is 211 g/mol. The first-order valence-corrected chi connectivity index (χ1v) is 6.22. The van der Waals surface area contributed by atoms with Crippen molar-refractivity contribution in [1.82, 2.24) is 15.1 Å². The van der Waals surface area contributed by atoms with Crippen LogP contribution in [0.2, 0.25) is 0 Å². The molecule has 2 unspecified atom stereocenters. The molecule has 0 aromatic carbocycles. The molecule has 0 saturated carbocycles. The van der Waals surface area contributed by atoms with Crippen molar-refractivity contribution in [3.8, 4) is 0 Å². The zero-order chi connectivity index (χ0) is 10.1. The molecule has 0 radical (unpaired) electrons. The highest BCUT2D eigenvalue weighted by atomic mass is 16.5. The topological polar surface area (TPSA) is 27.7 Å². The minimum Gasteiger partial charge on any atom is -0.378 e. The molecule has 0 spiro atoms. The van der Waals surface area contributed by atoms with Gasteiger partial charge in [-0.25, -0.2) is 0 Å². The van der Waals surface area contributed by atoms with E-state index in [4.69, 9.17) is 4.74 Å². The normalized spacial score (nSPS) is 39.2. The lowest BCUT2D eigenvalue weighted by atomic mass is 10.1. The van der Waals surface area contributed by atoms with Gasteiger partial charge in [0.15, 0.2) is 0 Å². The van der Waals surface area contributed by atoms with Gasteiger partial charge < -0.3 is 10.1 Å². The van der Waals surface area contributed by atoms with Crippen molar-refractivity contribution < 1.29 is 4.74 Å². The monoisotopic (exact) mass is 211 g/mol. The van der Waals surface area contributed by atoms with Crippen LogP contribution in [0.1, 0.15) is 6.42 Å². The average Bonchev–Trinajstić information content (AvgIpc) is 2.74. The Bertz CT molecular complexity index is 218.